The number of benzene rings is 1. The number of hydrogen-bond acceptors (Lipinski definition) is 4. The van der Waals surface area contributed by atoms with Crippen molar-refractivity contribution in [2.75, 3.05) is 20.3 Å². The smallest absolute Gasteiger partial charge is 0.119 e. The summed E-state index contributed by atoms with van der Waals surface area (Å²) in [6, 6.07) is 10.7. The zero-order valence-electron chi connectivity index (χ0n) is 13.0. The van der Waals surface area contributed by atoms with E-state index in [1.807, 2.05) is 12.1 Å². The molecule has 0 saturated carbocycles. The van der Waals surface area contributed by atoms with Crippen molar-refractivity contribution in [1.82, 2.24) is 5.32 Å². The zero-order valence-corrected chi connectivity index (χ0v) is 13.0. The van der Waals surface area contributed by atoms with Gasteiger partial charge in [-0.15, -0.1) is 0 Å². The molecule has 0 aliphatic heterocycles. The Morgan fingerprint density at radius 3 is 3.14 bits per heavy atom. The second-order valence-corrected chi connectivity index (χ2v) is 5.61. The topological polar surface area (TPSA) is 43.6 Å². The number of fused-ring (bicyclic) bond motifs is 1. The molecule has 0 amide bonds. The maximum absolute atomic E-state index is 5.65. The van der Waals surface area contributed by atoms with Crippen LogP contribution < -0.4 is 10.1 Å². The molecule has 22 heavy (non-hydrogen) atoms. The van der Waals surface area contributed by atoms with E-state index in [0.717, 1.165) is 30.9 Å². The normalized spacial score (nSPS) is 17.2. The van der Waals surface area contributed by atoms with Crippen LogP contribution in [0.1, 0.15) is 35.8 Å². The molecule has 0 bridgehead atoms. The molecule has 0 fully saturated rings. The Bertz CT molecular complexity index is 594. The minimum absolute atomic E-state index is 0.389. The lowest BCUT2D eigenvalue weighted by Crippen LogP contribution is -2.24. The predicted octanol–water partition coefficient (Wildman–Crippen LogP) is 3.47. The van der Waals surface area contributed by atoms with Gasteiger partial charge in [0.05, 0.1) is 12.9 Å². The van der Waals surface area contributed by atoms with Gasteiger partial charge in [-0.3, -0.25) is 0 Å². The standard InChI is InChI=1S/C18H23NO3/c1-20-10-11-21-15-5-2-4-14(12-15)13-19-17-6-3-7-18-16(17)8-9-22-18/h2,4-5,8-9,12,17,19H,3,6-7,10-11,13H2,1H3. The molecule has 1 aliphatic rings. The third-order valence-corrected chi connectivity index (χ3v) is 4.06. The van der Waals surface area contributed by atoms with Crippen LogP contribution >= 0.6 is 0 Å². The number of furan rings is 1. The maximum Gasteiger partial charge on any atom is 0.119 e. The zero-order chi connectivity index (χ0) is 15.2. The Hall–Kier alpha value is -1.78. The Balaban J connectivity index is 1.57. The fraction of sp³-hybridized carbons (Fsp3) is 0.444. The first-order valence-electron chi connectivity index (χ1n) is 7.87. The second-order valence-electron chi connectivity index (χ2n) is 5.61. The van der Waals surface area contributed by atoms with E-state index in [2.05, 4.69) is 23.5 Å². The molecule has 4 nitrogen and oxygen atoms in total. The number of methoxy groups -OCH3 is 1. The molecule has 1 heterocycles. The van der Waals surface area contributed by atoms with Crippen molar-refractivity contribution in [3.8, 4) is 5.75 Å². The summed E-state index contributed by atoms with van der Waals surface area (Å²) >= 11 is 0. The van der Waals surface area contributed by atoms with E-state index in [4.69, 9.17) is 13.9 Å². The third-order valence-electron chi connectivity index (χ3n) is 4.06. The summed E-state index contributed by atoms with van der Waals surface area (Å²) in [5.41, 5.74) is 2.55. The lowest BCUT2D eigenvalue weighted by molar-refractivity contribution is 0.146. The van der Waals surface area contributed by atoms with E-state index in [9.17, 15) is 0 Å². The van der Waals surface area contributed by atoms with Crippen LogP contribution in [0.25, 0.3) is 0 Å². The number of nitrogens with one attached hydrogen (secondary N) is 1. The van der Waals surface area contributed by atoms with E-state index < -0.39 is 0 Å². The molecular weight excluding hydrogens is 278 g/mol. The first kappa shape index (κ1) is 15.1. The number of hydrogen-bond donors (Lipinski definition) is 1. The average Bonchev–Trinajstić information content (AvgIpc) is 3.03. The summed E-state index contributed by atoms with van der Waals surface area (Å²) in [7, 11) is 1.68. The summed E-state index contributed by atoms with van der Waals surface area (Å²) < 4.78 is 16.2. The number of ether oxygens (including phenoxy) is 2. The lowest BCUT2D eigenvalue weighted by Gasteiger charge is -2.23. The monoisotopic (exact) mass is 301 g/mol. The molecule has 2 aromatic rings. The molecule has 0 radical (unpaired) electrons. The molecule has 1 atom stereocenters. The molecule has 1 unspecified atom stereocenters. The van der Waals surface area contributed by atoms with Crippen molar-refractivity contribution in [3.05, 3.63) is 53.5 Å². The first-order valence-corrected chi connectivity index (χ1v) is 7.87. The summed E-state index contributed by atoms with van der Waals surface area (Å²) in [6.07, 6.45) is 5.20. The van der Waals surface area contributed by atoms with Crippen LogP contribution in [0, 0.1) is 0 Å². The van der Waals surface area contributed by atoms with Crippen molar-refractivity contribution >= 4 is 0 Å². The quantitative estimate of drug-likeness (QED) is 0.795. The van der Waals surface area contributed by atoms with Crippen LogP contribution in [-0.2, 0) is 17.7 Å². The van der Waals surface area contributed by atoms with E-state index in [1.165, 1.54) is 17.5 Å². The highest BCUT2D eigenvalue weighted by Gasteiger charge is 2.21. The Kier molecular flexibility index (Phi) is 5.14. The second kappa shape index (κ2) is 7.47. The van der Waals surface area contributed by atoms with Crippen molar-refractivity contribution in [3.63, 3.8) is 0 Å². The Morgan fingerprint density at radius 1 is 1.27 bits per heavy atom. The molecule has 118 valence electrons. The summed E-state index contributed by atoms with van der Waals surface area (Å²) in [5, 5.41) is 3.63. The molecule has 0 saturated heterocycles. The van der Waals surface area contributed by atoms with Gasteiger partial charge in [0.1, 0.15) is 18.1 Å². The van der Waals surface area contributed by atoms with Crippen molar-refractivity contribution in [1.29, 1.82) is 0 Å². The minimum Gasteiger partial charge on any atom is -0.491 e. The van der Waals surface area contributed by atoms with Crippen LogP contribution in [-0.4, -0.2) is 20.3 Å². The molecule has 0 spiro atoms. The van der Waals surface area contributed by atoms with E-state index in [0.29, 0.717) is 19.3 Å². The fourth-order valence-corrected chi connectivity index (χ4v) is 2.93. The van der Waals surface area contributed by atoms with Crippen LogP contribution in [0.2, 0.25) is 0 Å². The van der Waals surface area contributed by atoms with Gasteiger partial charge in [-0.25, -0.2) is 0 Å². The third kappa shape index (κ3) is 3.70. The maximum atomic E-state index is 5.65. The lowest BCUT2D eigenvalue weighted by atomic mass is 9.93. The average molecular weight is 301 g/mol. The van der Waals surface area contributed by atoms with Crippen LogP contribution in [0.4, 0.5) is 0 Å². The highest BCUT2D eigenvalue weighted by Crippen LogP contribution is 2.30. The number of rotatable bonds is 7. The minimum atomic E-state index is 0.389. The predicted molar refractivity (Wildman–Crippen MR) is 85.0 cm³/mol. The van der Waals surface area contributed by atoms with Gasteiger partial charge in [0.2, 0.25) is 0 Å². The first-order chi connectivity index (χ1) is 10.9. The van der Waals surface area contributed by atoms with E-state index in [-0.39, 0.29) is 0 Å². The van der Waals surface area contributed by atoms with Gasteiger partial charge in [-0.2, -0.15) is 0 Å². The molecular formula is C18H23NO3. The van der Waals surface area contributed by atoms with Gasteiger partial charge in [-0.1, -0.05) is 12.1 Å². The highest BCUT2D eigenvalue weighted by molar-refractivity contribution is 5.29. The summed E-state index contributed by atoms with van der Waals surface area (Å²) in [4.78, 5) is 0. The molecule has 1 aliphatic carbocycles. The van der Waals surface area contributed by atoms with Gasteiger partial charge in [-0.05, 0) is 36.6 Å². The molecule has 1 N–H and O–H groups in total. The van der Waals surface area contributed by atoms with Crippen molar-refractivity contribution in [2.24, 2.45) is 0 Å². The number of aryl methyl sites for hydroxylation is 1. The molecule has 1 aromatic carbocycles. The summed E-state index contributed by atoms with van der Waals surface area (Å²) in [5.74, 6) is 2.03. The van der Waals surface area contributed by atoms with Gasteiger partial charge in [0.25, 0.3) is 0 Å². The van der Waals surface area contributed by atoms with Gasteiger partial charge < -0.3 is 19.2 Å². The Labute approximate surface area is 131 Å². The van der Waals surface area contributed by atoms with Gasteiger partial charge in [0, 0.05) is 31.7 Å². The van der Waals surface area contributed by atoms with E-state index in [1.54, 1.807) is 13.4 Å². The molecule has 4 heteroatoms. The van der Waals surface area contributed by atoms with Crippen LogP contribution in [0.5, 0.6) is 5.75 Å². The Morgan fingerprint density at radius 2 is 2.23 bits per heavy atom. The largest absolute Gasteiger partial charge is 0.491 e. The summed E-state index contributed by atoms with van der Waals surface area (Å²) in [6.45, 7) is 2.01. The van der Waals surface area contributed by atoms with Crippen LogP contribution in [0.3, 0.4) is 0 Å². The molecule has 3 rings (SSSR count). The van der Waals surface area contributed by atoms with Crippen LogP contribution in [0.15, 0.2) is 41.0 Å². The molecule has 1 aromatic heterocycles. The fourth-order valence-electron chi connectivity index (χ4n) is 2.93. The van der Waals surface area contributed by atoms with E-state index >= 15 is 0 Å². The SMILES string of the molecule is COCCOc1cccc(CNC2CCCc3occc32)c1. The van der Waals surface area contributed by atoms with Crippen molar-refractivity contribution < 1.29 is 13.9 Å². The van der Waals surface area contributed by atoms with Crippen molar-refractivity contribution in [2.45, 2.75) is 31.8 Å². The highest BCUT2D eigenvalue weighted by atomic mass is 16.5. The van der Waals surface area contributed by atoms with Gasteiger partial charge in [0.15, 0.2) is 0 Å². The van der Waals surface area contributed by atoms with Gasteiger partial charge >= 0.3 is 0 Å².